The van der Waals surface area contributed by atoms with Gasteiger partial charge in [-0.05, 0) is 18.2 Å². The fourth-order valence-electron chi connectivity index (χ4n) is 1.13. The third-order valence-corrected chi connectivity index (χ3v) is 1.83. The van der Waals surface area contributed by atoms with E-state index in [0.29, 0.717) is 5.75 Å². The van der Waals surface area contributed by atoms with Crippen LogP contribution >= 0.6 is 0 Å². The van der Waals surface area contributed by atoms with E-state index in [4.69, 9.17) is 10.6 Å². The third kappa shape index (κ3) is 1.50. The van der Waals surface area contributed by atoms with Gasteiger partial charge in [0, 0.05) is 5.56 Å². The number of nitrogens with zero attached hydrogens (tertiary/aromatic N) is 1. The van der Waals surface area contributed by atoms with Crippen LogP contribution in [0.2, 0.25) is 0 Å². The Hall–Kier alpha value is -2.10. The van der Waals surface area contributed by atoms with Crippen LogP contribution in [0.4, 0.5) is 0 Å². The second kappa shape index (κ2) is 3.33. The molecule has 0 atom stereocenters. The Labute approximate surface area is 80.7 Å². The van der Waals surface area contributed by atoms with Crippen molar-refractivity contribution < 1.29 is 9.63 Å². The number of benzene rings is 1. The highest BCUT2D eigenvalue weighted by atomic mass is 16.6. The van der Waals surface area contributed by atoms with Crippen LogP contribution in [0.25, 0.3) is 6.08 Å². The highest BCUT2D eigenvalue weighted by Gasteiger charge is 2.09. The summed E-state index contributed by atoms with van der Waals surface area (Å²) in [5.41, 5.74) is 6.05. The molecule has 0 spiro atoms. The molecule has 70 valence electrons. The third-order valence-electron chi connectivity index (χ3n) is 1.83. The monoisotopic (exact) mass is 188 g/mol. The number of carbonyl (C=O) groups excluding carboxylic acids is 1. The summed E-state index contributed by atoms with van der Waals surface area (Å²) in [6.45, 7) is 0. The van der Waals surface area contributed by atoms with Gasteiger partial charge in [0.05, 0.1) is 0 Å². The zero-order valence-corrected chi connectivity index (χ0v) is 7.31. The zero-order valence-electron chi connectivity index (χ0n) is 7.31. The Morgan fingerprint density at radius 3 is 2.86 bits per heavy atom. The molecule has 0 aliphatic carbocycles. The second-order valence-corrected chi connectivity index (χ2v) is 2.80. The molecule has 4 heteroatoms. The summed E-state index contributed by atoms with van der Waals surface area (Å²) in [7, 11) is 0. The summed E-state index contributed by atoms with van der Waals surface area (Å²) in [6.07, 6.45) is 3.28. The Morgan fingerprint density at radius 2 is 2.07 bits per heavy atom. The van der Waals surface area contributed by atoms with Gasteiger partial charge in [0.15, 0.2) is 11.5 Å². The number of primary amides is 1. The summed E-state index contributed by atoms with van der Waals surface area (Å²) in [5.74, 6) is 0.00839. The van der Waals surface area contributed by atoms with Gasteiger partial charge in [-0.3, -0.25) is 4.79 Å². The molecule has 0 saturated carbocycles. The normalized spacial score (nSPS) is 13.6. The van der Waals surface area contributed by atoms with Crippen LogP contribution in [0, 0.1) is 0 Å². The first-order valence-electron chi connectivity index (χ1n) is 4.09. The van der Waals surface area contributed by atoms with Crippen molar-refractivity contribution in [3.05, 3.63) is 35.9 Å². The van der Waals surface area contributed by atoms with Crippen molar-refractivity contribution in [1.29, 1.82) is 0 Å². The van der Waals surface area contributed by atoms with Crippen molar-refractivity contribution in [2.75, 3.05) is 0 Å². The van der Waals surface area contributed by atoms with E-state index in [2.05, 4.69) is 5.16 Å². The predicted octanol–water partition coefficient (Wildman–Crippen LogP) is 0.933. The fraction of sp³-hybridized carbons (Fsp3) is 0. The van der Waals surface area contributed by atoms with Crippen LogP contribution in [0.3, 0.4) is 0 Å². The van der Waals surface area contributed by atoms with E-state index in [1.165, 1.54) is 6.08 Å². The summed E-state index contributed by atoms with van der Waals surface area (Å²) < 4.78 is 0. The molecule has 0 radical (unpaired) electrons. The van der Waals surface area contributed by atoms with Gasteiger partial charge in [0.2, 0.25) is 0 Å². The summed E-state index contributed by atoms with van der Waals surface area (Å²) in [5, 5.41) is 3.62. The van der Waals surface area contributed by atoms with Gasteiger partial charge in [-0.1, -0.05) is 23.4 Å². The number of amides is 1. The van der Waals surface area contributed by atoms with Gasteiger partial charge in [-0.2, -0.15) is 0 Å². The second-order valence-electron chi connectivity index (χ2n) is 2.80. The SMILES string of the molecule is NC(=O)C1=NOc2ccccc2C=C1. The van der Waals surface area contributed by atoms with Crippen LogP contribution in [0.1, 0.15) is 5.56 Å². The smallest absolute Gasteiger partial charge is 0.270 e. The van der Waals surface area contributed by atoms with Crippen LogP contribution in [-0.4, -0.2) is 11.6 Å². The topological polar surface area (TPSA) is 64.7 Å². The number of fused-ring (bicyclic) bond motifs is 1. The number of para-hydroxylation sites is 1. The minimum absolute atomic E-state index is 0.112. The van der Waals surface area contributed by atoms with Crippen molar-refractivity contribution in [2.24, 2.45) is 10.9 Å². The first-order valence-corrected chi connectivity index (χ1v) is 4.09. The van der Waals surface area contributed by atoms with E-state index >= 15 is 0 Å². The molecule has 1 aliphatic heterocycles. The van der Waals surface area contributed by atoms with E-state index in [1.54, 1.807) is 12.1 Å². The van der Waals surface area contributed by atoms with Gasteiger partial charge in [-0.15, -0.1) is 0 Å². The lowest BCUT2D eigenvalue weighted by molar-refractivity contribution is -0.112. The molecule has 0 bridgehead atoms. The number of hydrogen-bond acceptors (Lipinski definition) is 3. The molecule has 0 fully saturated rings. The highest BCUT2D eigenvalue weighted by Crippen LogP contribution is 2.21. The van der Waals surface area contributed by atoms with Crippen LogP contribution in [0.15, 0.2) is 35.5 Å². The van der Waals surface area contributed by atoms with E-state index in [0.717, 1.165) is 5.56 Å². The van der Waals surface area contributed by atoms with Gasteiger partial charge >= 0.3 is 0 Å². The number of rotatable bonds is 1. The highest BCUT2D eigenvalue weighted by molar-refractivity contribution is 6.43. The molecule has 1 amide bonds. The van der Waals surface area contributed by atoms with Crippen molar-refractivity contribution in [2.45, 2.75) is 0 Å². The van der Waals surface area contributed by atoms with Crippen molar-refractivity contribution in [3.63, 3.8) is 0 Å². The van der Waals surface area contributed by atoms with Crippen LogP contribution in [-0.2, 0) is 4.79 Å². The predicted molar refractivity (Wildman–Crippen MR) is 52.7 cm³/mol. The summed E-state index contributed by atoms with van der Waals surface area (Å²) >= 11 is 0. The maximum absolute atomic E-state index is 10.8. The average Bonchev–Trinajstić information content (AvgIpc) is 2.39. The van der Waals surface area contributed by atoms with Crippen LogP contribution in [0.5, 0.6) is 5.75 Å². The molecule has 1 heterocycles. The van der Waals surface area contributed by atoms with Gasteiger partial charge in [-0.25, -0.2) is 0 Å². The first kappa shape index (κ1) is 8.50. The molecule has 0 aromatic heterocycles. The molecule has 2 rings (SSSR count). The fourth-order valence-corrected chi connectivity index (χ4v) is 1.13. The molecule has 1 aromatic carbocycles. The number of carbonyl (C=O) groups is 1. The zero-order chi connectivity index (χ0) is 9.97. The largest absolute Gasteiger partial charge is 0.364 e. The maximum atomic E-state index is 10.8. The lowest BCUT2D eigenvalue weighted by atomic mass is 10.2. The molecule has 14 heavy (non-hydrogen) atoms. The summed E-state index contributed by atoms with van der Waals surface area (Å²) in [4.78, 5) is 15.9. The van der Waals surface area contributed by atoms with Crippen molar-refractivity contribution >= 4 is 17.7 Å². The number of nitrogens with two attached hydrogens (primary N) is 1. The molecule has 2 N–H and O–H groups in total. The Balaban J connectivity index is 2.41. The van der Waals surface area contributed by atoms with Gasteiger partial charge < -0.3 is 10.6 Å². The average molecular weight is 188 g/mol. The van der Waals surface area contributed by atoms with E-state index in [-0.39, 0.29) is 5.71 Å². The van der Waals surface area contributed by atoms with Crippen molar-refractivity contribution in [1.82, 2.24) is 0 Å². The Morgan fingerprint density at radius 1 is 1.29 bits per heavy atom. The molecule has 1 aromatic rings. The maximum Gasteiger partial charge on any atom is 0.270 e. The minimum Gasteiger partial charge on any atom is -0.364 e. The lowest BCUT2D eigenvalue weighted by Crippen LogP contribution is -2.21. The first-order chi connectivity index (χ1) is 6.77. The number of oxime groups is 1. The van der Waals surface area contributed by atoms with Gasteiger partial charge in [0.1, 0.15) is 0 Å². The van der Waals surface area contributed by atoms with E-state index < -0.39 is 5.91 Å². The van der Waals surface area contributed by atoms with Crippen molar-refractivity contribution in [3.8, 4) is 5.75 Å². The molecular weight excluding hydrogens is 180 g/mol. The molecular formula is C10H8N2O2. The quantitative estimate of drug-likeness (QED) is 0.712. The number of hydrogen-bond donors (Lipinski definition) is 1. The molecule has 0 unspecified atom stereocenters. The molecule has 1 aliphatic rings. The summed E-state index contributed by atoms with van der Waals surface area (Å²) in [6, 6.07) is 7.34. The molecule has 4 nitrogen and oxygen atoms in total. The van der Waals surface area contributed by atoms with Crippen LogP contribution < -0.4 is 10.6 Å². The Bertz CT molecular complexity index is 436. The Kier molecular flexibility index (Phi) is 2.02. The minimum atomic E-state index is -0.603. The van der Waals surface area contributed by atoms with E-state index in [1.807, 2.05) is 18.2 Å². The van der Waals surface area contributed by atoms with Gasteiger partial charge in [0.25, 0.3) is 5.91 Å². The lowest BCUT2D eigenvalue weighted by Gasteiger charge is -1.99. The van der Waals surface area contributed by atoms with E-state index in [9.17, 15) is 4.79 Å². The standard InChI is InChI=1S/C10H8N2O2/c11-10(13)8-6-5-7-3-1-2-4-9(7)14-12-8/h1-6H,(H2,11,13). The molecule has 0 saturated heterocycles.